The molecular weight excluding hydrogens is 511 g/mol. The van der Waals surface area contributed by atoms with Crippen molar-refractivity contribution < 1.29 is 18.7 Å². The highest BCUT2D eigenvalue weighted by Crippen LogP contribution is 2.19. The second kappa shape index (κ2) is 12.3. The number of furan rings is 1. The Labute approximate surface area is 199 Å². The van der Waals surface area contributed by atoms with Crippen molar-refractivity contribution in [3.63, 3.8) is 0 Å². The number of guanidine groups is 1. The molecule has 0 spiro atoms. The average Bonchev–Trinajstić information content (AvgIpc) is 3.32. The van der Waals surface area contributed by atoms with Crippen LogP contribution in [0.4, 0.5) is 5.69 Å². The van der Waals surface area contributed by atoms with Crippen LogP contribution in [-0.4, -0.2) is 49.5 Å². The van der Waals surface area contributed by atoms with Crippen molar-refractivity contribution in [2.24, 2.45) is 10.9 Å². The number of piperidine rings is 1. The van der Waals surface area contributed by atoms with Gasteiger partial charge in [0.1, 0.15) is 0 Å². The molecule has 1 fully saturated rings. The summed E-state index contributed by atoms with van der Waals surface area (Å²) in [5.74, 6) is 0.676. The summed E-state index contributed by atoms with van der Waals surface area (Å²) in [6.07, 6.45) is 3.00. The van der Waals surface area contributed by atoms with E-state index in [1.165, 1.54) is 13.4 Å². The molecule has 168 valence electrons. The number of halogens is 1. The number of nitrogens with one attached hydrogen (secondary N) is 2. The van der Waals surface area contributed by atoms with Crippen LogP contribution in [-0.2, 0) is 16.1 Å². The Balaban J connectivity index is 0.00000341. The van der Waals surface area contributed by atoms with Crippen molar-refractivity contribution >= 4 is 47.5 Å². The SMILES string of the molecule is CCNC(=NCc1ccc(NC(=O)c2ccco2)cc1)N1CCC(C(=O)OC)CC1.I. The van der Waals surface area contributed by atoms with Crippen molar-refractivity contribution in [3.8, 4) is 0 Å². The molecule has 1 aromatic heterocycles. The lowest BCUT2D eigenvalue weighted by atomic mass is 9.97. The van der Waals surface area contributed by atoms with Gasteiger partial charge >= 0.3 is 5.97 Å². The van der Waals surface area contributed by atoms with Gasteiger partial charge in [-0.3, -0.25) is 9.59 Å². The molecular formula is C22H29IN4O4. The van der Waals surface area contributed by atoms with E-state index in [0.717, 1.165) is 44.0 Å². The van der Waals surface area contributed by atoms with Crippen LogP contribution in [0.5, 0.6) is 0 Å². The Morgan fingerprint density at radius 1 is 1.19 bits per heavy atom. The maximum Gasteiger partial charge on any atom is 0.308 e. The van der Waals surface area contributed by atoms with Gasteiger partial charge in [-0.2, -0.15) is 0 Å². The van der Waals surface area contributed by atoms with E-state index in [2.05, 4.69) is 15.5 Å². The van der Waals surface area contributed by atoms with Crippen molar-refractivity contribution in [3.05, 3.63) is 54.0 Å². The Morgan fingerprint density at radius 2 is 1.90 bits per heavy atom. The highest BCUT2D eigenvalue weighted by atomic mass is 127. The fourth-order valence-electron chi connectivity index (χ4n) is 3.38. The maximum absolute atomic E-state index is 12.0. The number of ether oxygens (including phenoxy) is 1. The number of carbonyl (C=O) groups is 2. The Hall–Kier alpha value is -2.56. The average molecular weight is 540 g/mol. The minimum Gasteiger partial charge on any atom is -0.469 e. The number of carbonyl (C=O) groups excluding carboxylic acids is 2. The molecule has 2 N–H and O–H groups in total. The number of amides is 1. The molecule has 2 heterocycles. The molecule has 1 saturated heterocycles. The van der Waals surface area contributed by atoms with Crippen LogP contribution in [0.2, 0.25) is 0 Å². The molecule has 0 bridgehead atoms. The van der Waals surface area contributed by atoms with Crippen LogP contribution in [0.15, 0.2) is 52.1 Å². The molecule has 1 aromatic carbocycles. The molecule has 1 aliphatic heterocycles. The summed E-state index contributed by atoms with van der Waals surface area (Å²) in [6, 6.07) is 10.9. The van der Waals surface area contributed by atoms with E-state index in [1.54, 1.807) is 12.1 Å². The number of aliphatic imine (C=N–C) groups is 1. The second-order valence-corrected chi connectivity index (χ2v) is 7.08. The standard InChI is InChI=1S/C22H28N4O4.HI/c1-3-23-22(26-12-10-17(11-13-26)21(28)29-2)24-15-16-6-8-18(9-7-16)25-20(27)19-5-4-14-30-19;/h4-9,14,17H,3,10-13,15H2,1-2H3,(H,23,24)(H,25,27);1H. The number of esters is 1. The van der Waals surface area contributed by atoms with Crippen LogP contribution in [0.1, 0.15) is 35.9 Å². The van der Waals surface area contributed by atoms with Crippen LogP contribution in [0, 0.1) is 5.92 Å². The Bertz CT molecular complexity index is 860. The lowest BCUT2D eigenvalue weighted by molar-refractivity contribution is -0.146. The molecule has 3 rings (SSSR count). The molecule has 0 unspecified atom stereocenters. The van der Waals surface area contributed by atoms with Gasteiger partial charge in [0.25, 0.3) is 5.91 Å². The summed E-state index contributed by atoms with van der Waals surface area (Å²) in [4.78, 5) is 30.7. The van der Waals surface area contributed by atoms with Crippen molar-refractivity contribution in [1.82, 2.24) is 10.2 Å². The predicted molar refractivity (Wildman–Crippen MR) is 130 cm³/mol. The molecule has 0 aliphatic carbocycles. The number of hydrogen-bond donors (Lipinski definition) is 2. The number of methoxy groups -OCH3 is 1. The van der Waals surface area contributed by atoms with E-state index in [-0.39, 0.29) is 47.5 Å². The van der Waals surface area contributed by atoms with Gasteiger partial charge in [0.05, 0.1) is 25.8 Å². The highest BCUT2D eigenvalue weighted by Gasteiger charge is 2.26. The zero-order chi connectivity index (χ0) is 21.3. The molecule has 1 amide bonds. The van der Waals surface area contributed by atoms with Gasteiger partial charge in [-0.15, -0.1) is 24.0 Å². The summed E-state index contributed by atoms with van der Waals surface area (Å²) in [5.41, 5.74) is 1.73. The lowest BCUT2D eigenvalue weighted by Crippen LogP contribution is -2.46. The largest absolute Gasteiger partial charge is 0.469 e. The van der Waals surface area contributed by atoms with Gasteiger partial charge < -0.3 is 24.7 Å². The summed E-state index contributed by atoms with van der Waals surface area (Å²) in [5, 5.41) is 6.13. The summed E-state index contributed by atoms with van der Waals surface area (Å²) in [7, 11) is 1.44. The first-order valence-electron chi connectivity index (χ1n) is 10.2. The van der Waals surface area contributed by atoms with Gasteiger partial charge in [0.15, 0.2) is 11.7 Å². The smallest absolute Gasteiger partial charge is 0.308 e. The number of nitrogens with zero attached hydrogens (tertiary/aromatic N) is 2. The highest BCUT2D eigenvalue weighted by molar-refractivity contribution is 14.0. The van der Waals surface area contributed by atoms with Crippen LogP contribution in [0.3, 0.4) is 0 Å². The fraction of sp³-hybridized carbons (Fsp3) is 0.409. The molecule has 9 heteroatoms. The Morgan fingerprint density at radius 3 is 2.48 bits per heavy atom. The third-order valence-electron chi connectivity index (χ3n) is 5.03. The molecule has 8 nitrogen and oxygen atoms in total. The van der Waals surface area contributed by atoms with Crippen molar-refractivity contribution in [1.29, 1.82) is 0 Å². The van der Waals surface area contributed by atoms with Crippen molar-refractivity contribution in [2.45, 2.75) is 26.3 Å². The minimum absolute atomic E-state index is 0. The minimum atomic E-state index is -0.282. The number of rotatable bonds is 6. The van der Waals surface area contributed by atoms with E-state index in [4.69, 9.17) is 14.1 Å². The number of hydrogen-bond acceptors (Lipinski definition) is 5. The molecule has 31 heavy (non-hydrogen) atoms. The fourth-order valence-corrected chi connectivity index (χ4v) is 3.38. The summed E-state index contributed by atoms with van der Waals surface area (Å²) >= 11 is 0. The molecule has 1 aliphatic rings. The first kappa shape index (κ1) is 24.7. The predicted octanol–water partition coefficient (Wildman–Crippen LogP) is 3.50. The van der Waals surface area contributed by atoms with E-state index < -0.39 is 0 Å². The lowest BCUT2D eigenvalue weighted by Gasteiger charge is -2.33. The molecule has 0 atom stereocenters. The first-order valence-corrected chi connectivity index (χ1v) is 10.2. The van der Waals surface area contributed by atoms with Gasteiger partial charge in [-0.25, -0.2) is 4.99 Å². The normalized spacial score (nSPS) is 14.5. The second-order valence-electron chi connectivity index (χ2n) is 7.08. The maximum atomic E-state index is 12.0. The van der Waals surface area contributed by atoms with E-state index in [0.29, 0.717) is 12.2 Å². The topological polar surface area (TPSA) is 96.2 Å². The summed E-state index contributed by atoms with van der Waals surface area (Å²) in [6.45, 7) is 4.86. The zero-order valence-corrected chi connectivity index (χ0v) is 20.1. The van der Waals surface area contributed by atoms with Crippen LogP contribution < -0.4 is 10.6 Å². The monoisotopic (exact) mass is 540 g/mol. The molecule has 0 radical (unpaired) electrons. The van der Waals surface area contributed by atoms with Crippen molar-refractivity contribution in [2.75, 3.05) is 32.1 Å². The third kappa shape index (κ3) is 6.98. The van der Waals surface area contributed by atoms with E-state index >= 15 is 0 Å². The molecule has 2 aromatic rings. The van der Waals surface area contributed by atoms with E-state index in [1.807, 2.05) is 31.2 Å². The van der Waals surface area contributed by atoms with Gasteiger partial charge in [0.2, 0.25) is 0 Å². The number of benzene rings is 1. The number of likely N-dealkylation sites (tertiary alicyclic amines) is 1. The number of anilines is 1. The van der Waals surface area contributed by atoms with Crippen LogP contribution >= 0.6 is 24.0 Å². The van der Waals surface area contributed by atoms with Gasteiger partial charge in [-0.05, 0) is 49.6 Å². The Kier molecular flexibility index (Phi) is 9.83. The van der Waals surface area contributed by atoms with Crippen LogP contribution in [0.25, 0.3) is 0 Å². The van der Waals surface area contributed by atoms with Gasteiger partial charge in [0, 0.05) is 25.3 Å². The first-order chi connectivity index (χ1) is 14.6. The third-order valence-corrected chi connectivity index (χ3v) is 5.03. The zero-order valence-electron chi connectivity index (χ0n) is 17.8. The summed E-state index contributed by atoms with van der Waals surface area (Å²) < 4.78 is 9.95. The quantitative estimate of drug-likeness (QED) is 0.252. The van der Waals surface area contributed by atoms with Gasteiger partial charge in [-0.1, -0.05) is 12.1 Å². The molecule has 0 saturated carbocycles. The van der Waals surface area contributed by atoms with E-state index in [9.17, 15) is 9.59 Å².